The lowest BCUT2D eigenvalue weighted by Crippen LogP contribution is -2.50. The molecule has 1 aromatic carbocycles. The second kappa shape index (κ2) is 7.90. The van der Waals surface area contributed by atoms with Gasteiger partial charge in [0.05, 0.1) is 21.3 Å². The molecular formula is C17H25NO6. The van der Waals surface area contributed by atoms with Crippen LogP contribution < -0.4 is 14.2 Å². The van der Waals surface area contributed by atoms with E-state index in [1.54, 1.807) is 12.1 Å². The van der Waals surface area contributed by atoms with Gasteiger partial charge in [0.2, 0.25) is 11.7 Å². The third-order valence-corrected chi connectivity index (χ3v) is 4.09. The monoisotopic (exact) mass is 339 g/mol. The first-order valence-electron chi connectivity index (χ1n) is 7.48. The first kappa shape index (κ1) is 19.6. The summed E-state index contributed by atoms with van der Waals surface area (Å²) in [6.07, 6.45) is 0.599. The normalized spacial score (nSPS) is 10.9. The lowest BCUT2D eigenvalue weighted by Gasteiger charge is -2.31. The number of ether oxygens (including phenoxy) is 3. The van der Waals surface area contributed by atoms with Crippen LogP contribution in [0, 0.1) is 0 Å². The Balaban J connectivity index is 2.91. The summed E-state index contributed by atoms with van der Waals surface area (Å²) in [5.74, 6) is 0.207. The molecule has 1 aromatic rings. The predicted molar refractivity (Wildman–Crippen MR) is 88.9 cm³/mol. The van der Waals surface area contributed by atoms with Crippen molar-refractivity contribution < 1.29 is 28.9 Å². The first-order valence-corrected chi connectivity index (χ1v) is 7.48. The van der Waals surface area contributed by atoms with E-state index in [0.29, 0.717) is 23.7 Å². The molecule has 0 aromatic heterocycles. The number of carboxylic acids is 1. The Morgan fingerprint density at radius 2 is 1.58 bits per heavy atom. The highest BCUT2D eigenvalue weighted by molar-refractivity contribution is 5.86. The van der Waals surface area contributed by atoms with E-state index in [-0.39, 0.29) is 12.3 Å². The molecule has 0 bridgehead atoms. The van der Waals surface area contributed by atoms with E-state index >= 15 is 0 Å². The minimum Gasteiger partial charge on any atom is -0.493 e. The van der Waals surface area contributed by atoms with Crippen molar-refractivity contribution >= 4 is 11.9 Å². The Hall–Kier alpha value is -2.44. The Morgan fingerprint density at radius 1 is 1.08 bits per heavy atom. The molecule has 1 amide bonds. The van der Waals surface area contributed by atoms with Crippen LogP contribution in [0.4, 0.5) is 0 Å². The summed E-state index contributed by atoms with van der Waals surface area (Å²) in [4.78, 5) is 24.8. The summed E-state index contributed by atoms with van der Waals surface area (Å²) in [5, 5.41) is 9.20. The highest BCUT2D eigenvalue weighted by Gasteiger charge is 2.34. The molecule has 24 heavy (non-hydrogen) atoms. The van der Waals surface area contributed by atoms with E-state index in [9.17, 15) is 14.7 Å². The molecule has 0 fully saturated rings. The summed E-state index contributed by atoms with van der Waals surface area (Å²) < 4.78 is 15.8. The maximum absolute atomic E-state index is 12.3. The van der Waals surface area contributed by atoms with Gasteiger partial charge in [-0.2, -0.15) is 0 Å². The molecule has 0 spiro atoms. The quantitative estimate of drug-likeness (QED) is 0.779. The fraction of sp³-hybridized carbons (Fsp3) is 0.529. The highest BCUT2D eigenvalue weighted by Crippen LogP contribution is 2.38. The maximum Gasteiger partial charge on any atom is 0.329 e. The van der Waals surface area contributed by atoms with E-state index in [2.05, 4.69) is 0 Å². The fourth-order valence-electron chi connectivity index (χ4n) is 2.15. The molecule has 0 unspecified atom stereocenters. The zero-order chi connectivity index (χ0) is 18.5. The van der Waals surface area contributed by atoms with Crippen molar-refractivity contribution in [1.82, 2.24) is 4.90 Å². The number of carbonyl (C=O) groups is 2. The number of benzene rings is 1. The summed E-state index contributed by atoms with van der Waals surface area (Å²) in [5.41, 5.74) is -0.425. The molecule has 0 aliphatic carbocycles. The summed E-state index contributed by atoms with van der Waals surface area (Å²) in [7, 11) is 6.06. The molecule has 7 heteroatoms. The first-order chi connectivity index (χ1) is 11.2. The molecule has 0 saturated carbocycles. The van der Waals surface area contributed by atoms with Crippen LogP contribution in [0.3, 0.4) is 0 Å². The molecule has 1 N–H and O–H groups in total. The molecule has 7 nitrogen and oxygen atoms in total. The Morgan fingerprint density at radius 3 is 1.96 bits per heavy atom. The van der Waals surface area contributed by atoms with Gasteiger partial charge in [-0.15, -0.1) is 0 Å². The number of rotatable bonds is 8. The lowest BCUT2D eigenvalue weighted by atomic mass is 10.0. The minimum atomic E-state index is -1.26. The van der Waals surface area contributed by atoms with Crippen molar-refractivity contribution in [3.63, 3.8) is 0 Å². The number of likely N-dealkylation sites (N-methyl/N-ethyl adjacent to an activating group) is 1. The molecule has 1 rings (SSSR count). The number of amides is 1. The average Bonchev–Trinajstić information content (AvgIpc) is 2.57. The van der Waals surface area contributed by atoms with Crippen molar-refractivity contribution in [3.05, 3.63) is 17.7 Å². The number of aliphatic carboxylic acids is 1. The maximum atomic E-state index is 12.3. The van der Waals surface area contributed by atoms with Gasteiger partial charge in [-0.3, -0.25) is 4.79 Å². The van der Waals surface area contributed by atoms with Gasteiger partial charge in [0.15, 0.2) is 11.5 Å². The summed E-state index contributed by atoms with van der Waals surface area (Å²) >= 11 is 0. The smallest absolute Gasteiger partial charge is 0.329 e. The van der Waals surface area contributed by atoms with E-state index in [1.807, 2.05) is 0 Å². The predicted octanol–water partition coefficient (Wildman–Crippen LogP) is 1.97. The third kappa shape index (κ3) is 4.10. The van der Waals surface area contributed by atoms with Gasteiger partial charge in [-0.25, -0.2) is 4.79 Å². The fourth-order valence-corrected chi connectivity index (χ4v) is 2.15. The van der Waals surface area contributed by atoms with Gasteiger partial charge < -0.3 is 24.2 Å². The van der Waals surface area contributed by atoms with Gasteiger partial charge in [0.25, 0.3) is 0 Å². The largest absolute Gasteiger partial charge is 0.493 e. The lowest BCUT2D eigenvalue weighted by molar-refractivity contribution is -0.155. The second-order valence-electron chi connectivity index (χ2n) is 5.85. The molecular weight excluding hydrogens is 314 g/mol. The van der Waals surface area contributed by atoms with Gasteiger partial charge >= 0.3 is 5.97 Å². The number of methoxy groups -OCH3 is 3. The number of hydrogen-bond acceptors (Lipinski definition) is 5. The van der Waals surface area contributed by atoms with E-state index in [0.717, 1.165) is 5.56 Å². The Kier molecular flexibility index (Phi) is 6.45. The summed E-state index contributed by atoms with van der Waals surface area (Å²) in [6, 6.07) is 3.55. The van der Waals surface area contributed by atoms with Gasteiger partial charge in [0, 0.05) is 13.5 Å². The van der Waals surface area contributed by atoms with Crippen molar-refractivity contribution in [2.75, 3.05) is 28.4 Å². The van der Waals surface area contributed by atoms with Crippen molar-refractivity contribution in [3.8, 4) is 17.2 Å². The van der Waals surface area contributed by atoms with Crippen LogP contribution in [-0.2, 0) is 16.0 Å². The topological polar surface area (TPSA) is 85.3 Å². The van der Waals surface area contributed by atoms with E-state index < -0.39 is 11.5 Å². The summed E-state index contributed by atoms with van der Waals surface area (Å²) in [6.45, 7) is 2.99. The van der Waals surface area contributed by atoms with Crippen molar-refractivity contribution in [1.29, 1.82) is 0 Å². The van der Waals surface area contributed by atoms with Crippen molar-refractivity contribution in [2.45, 2.75) is 32.2 Å². The van der Waals surface area contributed by atoms with Gasteiger partial charge in [-0.1, -0.05) is 0 Å². The molecule has 0 aliphatic rings. The molecule has 0 saturated heterocycles. The Bertz CT molecular complexity index is 586. The van der Waals surface area contributed by atoms with Crippen LogP contribution in [0.5, 0.6) is 17.2 Å². The van der Waals surface area contributed by atoms with Gasteiger partial charge in [-0.05, 0) is 38.0 Å². The van der Waals surface area contributed by atoms with Crippen molar-refractivity contribution in [2.24, 2.45) is 0 Å². The molecule has 0 atom stereocenters. The van der Waals surface area contributed by atoms with E-state index in [1.165, 1.54) is 47.1 Å². The standard InChI is InChI=1S/C17H25NO6/c1-17(2,16(20)21)18(3)14(19)8-7-11-9-12(22-4)15(24-6)13(10-11)23-5/h9-10H,7-8H2,1-6H3,(H,20,21). The van der Waals surface area contributed by atoms with Crippen LogP contribution in [0.2, 0.25) is 0 Å². The zero-order valence-electron chi connectivity index (χ0n) is 15.0. The molecule has 134 valence electrons. The van der Waals surface area contributed by atoms with Gasteiger partial charge in [0.1, 0.15) is 5.54 Å². The van der Waals surface area contributed by atoms with Crippen LogP contribution in [0.1, 0.15) is 25.8 Å². The molecule has 0 aliphatic heterocycles. The Labute approximate surface area is 142 Å². The average molecular weight is 339 g/mol. The number of carbonyl (C=O) groups excluding carboxylic acids is 1. The number of aryl methyl sites for hydroxylation is 1. The second-order valence-corrected chi connectivity index (χ2v) is 5.85. The number of hydrogen-bond donors (Lipinski definition) is 1. The number of carboxylic acid groups (broad SMARTS) is 1. The van der Waals surface area contributed by atoms with Crippen LogP contribution >= 0.6 is 0 Å². The number of nitrogens with zero attached hydrogens (tertiary/aromatic N) is 1. The molecule has 0 radical (unpaired) electrons. The zero-order valence-corrected chi connectivity index (χ0v) is 15.0. The SMILES string of the molecule is COc1cc(CCC(=O)N(C)C(C)(C)C(=O)O)cc(OC)c1OC. The van der Waals surface area contributed by atoms with Crippen LogP contribution in [-0.4, -0.2) is 55.8 Å². The van der Waals surface area contributed by atoms with E-state index in [4.69, 9.17) is 14.2 Å². The minimum absolute atomic E-state index is 0.172. The van der Waals surface area contributed by atoms with Crippen LogP contribution in [0.25, 0.3) is 0 Å². The molecule has 0 heterocycles. The third-order valence-electron chi connectivity index (χ3n) is 4.09. The van der Waals surface area contributed by atoms with Crippen LogP contribution in [0.15, 0.2) is 12.1 Å². The highest BCUT2D eigenvalue weighted by atomic mass is 16.5.